The summed E-state index contributed by atoms with van der Waals surface area (Å²) in [6, 6.07) is 18.2. The molecule has 4 rings (SSSR count). The summed E-state index contributed by atoms with van der Waals surface area (Å²) in [7, 11) is 0. The molecule has 5 heteroatoms. The summed E-state index contributed by atoms with van der Waals surface area (Å²) in [5, 5.41) is 0. The van der Waals surface area contributed by atoms with Crippen LogP contribution in [0.3, 0.4) is 0 Å². The van der Waals surface area contributed by atoms with Gasteiger partial charge in [0, 0.05) is 18.0 Å². The summed E-state index contributed by atoms with van der Waals surface area (Å²) in [6.45, 7) is 2.49. The third-order valence-electron chi connectivity index (χ3n) is 4.19. The Morgan fingerprint density at radius 1 is 1.07 bits per heavy atom. The van der Waals surface area contributed by atoms with Crippen LogP contribution in [0.1, 0.15) is 28.7 Å². The fourth-order valence-corrected chi connectivity index (χ4v) is 2.86. The van der Waals surface area contributed by atoms with Gasteiger partial charge in [-0.05, 0) is 61.0 Å². The Hall–Kier alpha value is -3.73. The lowest BCUT2D eigenvalue weighted by Crippen LogP contribution is -2.03. The van der Waals surface area contributed by atoms with E-state index < -0.39 is 0 Å². The van der Waals surface area contributed by atoms with Gasteiger partial charge in [0.25, 0.3) is 0 Å². The van der Waals surface area contributed by atoms with E-state index in [2.05, 4.69) is 9.97 Å². The smallest absolute Gasteiger partial charge is 0.231 e. The molecule has 0 aliphatic heterocycles. The van der Waals surface area contributed by atoms with Gasteiger partial charge in [-0.3, -0.25) is 9.78 Å². The van der Waals surface area contributed by atoms with Gasteiger partial charge in [-0.2, -0.15) is 0 Å². The summed E-state index contributed by atoms with van der Waals surface area (Å²) in [5.74, 6) is 0.820. The number of carbonyl (C=O) groups excluding carboxylic acids is 1. The highest BCUT2D eigenvalue weighted by Gasteiger charge is 2.20. The van der Waals surface area contributed by atoms with Gasteiger partial charge in [0.2, 0.25) is 5.89 Å². The molecule has 0 atom stereocenters. The molecule has 2 aromatic heterocycles. The molecule has 2 aromatic carbocycles. The second-order valence-electron chi connectivity index (χ2n) is 6.12. The van der Waals surface area contributed by atoms with Crippen molar-refractivity contribution in [3.05, 3.63) is 90.1 Å². The number of ketones is 1. The molecule has 138 valence electrons. The molecule has 0 aliphatic carbocycles. The molecule has 0 saturated carbocycles. The molecule has 0 spiro atoms. The van der Waals surface area contributed by atoms with Gasteiger partial charge in [-0.1, -0.05) is 18.2 Å². The largest absolute Gasteiger partial charge is 0.494 e. The Kier molecular flexibility index (Phi) is 4.97. The van der Waals surface area contributed by atoms with E-state index in [4.69, 9.17) is 9.15 Å². The zero-order chi connectivity index (χ0) is 19.3. The number of benzene rings is 2. The molecule has 4 aromatic rings. The molecular formula is C23H18N2O3. The lowest BCUT2D eigenvalue weighted by Gasteiger charge is -2.06. The van der Waals surface area contributed by atoms with Gasteiger partial charge >= 0.3 is 0 Å². The fraction of sp³-hybridized carbons (Fsp3) is 0.0870. The highest BCUT2D eigenvalue weighted by Crippen LogP contribution is 2.26. The van der Waals surface area contributed by atoms with Crippen LogP contribution >= 0.6 is 0 Å². The average Bonchev–Trinajstić information content (AvgIpc) is 3.17. The number of Topliss-reactive ketones (excluding diaryl/α,β-unsaturated/α-hetero) is 1. The number of aromatic nitrogens is 2. The topological polar surface area (TPSA) is 65.2 Å². The molecule has 0 N–H and O–H groups in total. The SMILES string of the molecule is CCOc1ccc(C(=O)/C(=C\c2cccnc2)c2nc3ccccc3o2)cc1. The molecule has 0 unspecified atom stereocenters. The number of ether oxygens (including phenoxy) is 1. The minimum Gasteiger partial charge on any atom is -0.494 e. The number of nitrogens with zero attached hydrogens (tertiary/aromatic N) is 2. The van der Waals surface area contributed by atoms with E-state index in [0.29, 0.717) is 28.8 Å². The van der Waals surface area contributed by atoms with E-state index in [1.165, 1.54) is 0 Å². The van der Waals surface area contributed by atoms with Gasteiger partial charge in [0.1, 0.15) is 11.3 Å². The van der Waals surface area contributed by atoms with E-state index in [0.717, 1.165) is 11.3 Å². The summed E-state index contributed by atoms with van der Waals surface area (Å²) < 4.78 is 11.3. The first-order valence-corrected chi connectivity index (χ1v) is 9.00. The quantitative estimate of drug-likeness (QED) is 0.351. The van der Waals surface area contributed by atoms with Gasteiger partial charge in [0.15, 0.2) is 11.4 Å². The number of hydrogen-bond donors (Lipinski definition) is 0. The second-order valence-corrected chi connectivity index (χ2v) is 6.12. The number of hydrogen-bond acceptors (Lipinski definition) is 5. The van der Waals surface area contributed by atoms with E-state index in [1.807, 2.05) is 43.3 Å². The standard InChI is InChI=1S/C23H18N2O3/c1-2-27-18-11-9-17(10-12-18)22(26)19(14-16-6-5-13-24-15-16)23-25-20-7-3-4-8-21(20)28-23/h3-15H,2H2,1H3/b19-14+. The maximum atomic E-state index is 13.3. The number of para-hydroxylation sites is 2. The molecule has 0 aliphatic rings. The normalized spacial score (nSPS) is 11.5. The number of fused-ring (bicyclic) bond motifs is 1. The molecule has 0 radical (unpaired) electrons. The monoisotopic (exact) mass is 370 g/mol. The van der Waals surface area contributed by atoms with Crippen LogP contribution < -0.4 is 4.74 Å². The Morgan fingerprint density at radius 3 is 2.61 bits per heavy atom. The van der Waals surface area contributed by atoms with Crippen LogP contribution in [0.15, 0.2) is 77.5 Å². The number of oxazole rings is 1. The van der Waals surface area contributed by atoms with Crippen LogP contribution in [-0.2, 0) is 0 Å². The first-order chi connectivity index (χ1) is 13.7. The van der Waals surface area contributed by atoms with Crippen LogP contribution in [0.25, 0.3) is 22.7 Å². The van der Waals surface area contributed by atoms with Crippen LogP contribution in [0, 0.1) is 0 Å². The molecule has 28 heavy (non-hydrogen) atoms. The van der Waals surface area contributed by atoms with E-state index in [1.54, 1.807) is 42.7 Å². The van der Waals surface area contributed by atoms with Crippen molar-refractivity contribution in [3.63, 3.8) is 0 Å². The summed E-state index contributed by atoms with van der Waals surface area (Å²) in [6.07, 6.45) is 5.12. The van der Waals surface area contributed by atoms with Crippen LogP contribution in [0.4, 0.5) is 0 Å². The predicted octanol–water partition coefficient (Wildman–Crippen LogP) is 5.05. The molecule has 2 heterocycles. The lowest BCUT2D eigenvalue weighted by molar-refractivity contribution is 0.105. The predicted molar refractivity (Wildman–Crippen MR) is 108 cm³/mol. The molecule has 0 fully saturated rings. The Balaban J connectivity index is 1.78. The van der Waals surface area contributed by atoms with Gasteiger partial charge in [-0.15, -0.1) is 0 Å². The van der Waals surface area contributed by atoms with E-state index in [9.17, 15) is 4.79 Å². The summed E-state index contributed by atoms with van der Waals surface area (Å²) in [5.41, 5.74) is 3.02. The highest BCUT2D eigenvalue weighted by molar-refractivity contribution is 6.31. The first-order valence-electron chi connectivity index (χ1n) is 9.00. The average molecular weight is 370 g/mol. The molecule has 0 amide bonds. The number of allylic oxidation sites excluding steroid dienone is 1. The molecule has 5 nitrogen and oxygen atoms in total. The maximum absolute atomic E-state index is 13.3. The van der Waals surface area contributed by atoms with E-state index >= 15 is 0 Å². The zero-order valence-corrected chi connectivity index (χ0v) is 15.3. The number of rotatable bonds is 6. The summed E-state index contributed by atoms with van der Waals surface area (Å²) in [4.78, 5) is 21.9. The van der Waals surface area contributed by atoms with Crippen molar-refractivity contribution in [3.8, 4) is 5.75 Å². The molecule has 0 saturated heterocycles. The van der Waals surface area contributed by atoms with Crippen molar-refractivity contribution in [2.45, 2.75) is 6.92 Å². The minimum atomic E-state index is -0.182. The number of carbonyl (C=O) groups is 1. The number of pyridine rings is 1. The van der Waals surface area contributed by atoms with Crippen molar-refractivity contribution in [1.29, 1.82) is 0 Å². The van der Waals surface area contributed by atoms with Gasteiger partial charge in [-0.25, -0.2) is 4.98 Å². The van der Waals surface area contributed by atoms with Crippen LogP contribution in [-0.4, -0.2) is 22.4 Å². The lowest BCUT2D eigenvalue weighted by atomic mass is 10.0. The third-order valence-corrected chi connectivity index (χ3v) is 4.19. The van der Waals surface area contributed by atoms with E-state index in [-0.39, 0.29) is 11.7 Å². The van der Waals surface area contributed by atoms with Gasteiger partial charge < -0.3 is 9.15 Å². The third kappa shape index (κ3) is 3.69. The Bertz CT molecular complexity index is 1100. The van der Waals surface area contributed by atoms with Crippen LogP contribution in [0.5, 0.6) is 5.75 Å². The highest BCUT2D eigenvalue weighted by atomic mass is 16.5. The maximum Gasteiger partial charge on any atom is 0.231 e. The minimum absolute atomic E-state index is 0.182. The van der Waals surface area contributed by atoms with Crippen molar-refractivity contribution in [1.82, 2.24) is 9.97 Å². The fourth-order valence-electron chi connectivity index (χ4n) is 2.86. The van der Waals surface area contributed by atoms with Crippen molar-refractivity contribution < 1.29 is 13.9 Å². The van der Waals surface area contributed by atoms with Crippen LogP contribution in [0.2, 0.25) is 0 Å². The van der Waals surface area contributed by atoms with Crippen molar-refractivity contribution in [2.24, 2.45) is 0 Å². The van der Waals surface area contributed by atoms with Crippen molar-refractivity contribution in [2.75, 3.05) is 6.61 Å². The molecule has 0 bridgehead atoms. The van der Waals surface area contributed by atoms with Gasteiger partial charge in [0.05, 0.1) is 12.2 Å². The second kappa shape index (κ2) is 7.88. The summed E-state index contributed by atoms with van der Waals surface area (Å²) >= 11 is 0. The zero-order valence-electron chi connectivity index (χ0n) is 15.3. The molecular weight excluding hydrogens is 352 g/mol. The Labute approximate surface area is 162 Å². The first kappa shape index (κ1) is 17.7. The van der Waals surface area contributed by atoms with Crippen molar-refractivity contribution >= 4 is 28.5 Å². The Morgan fingerprint density at radius 2 is 1.89 bits per heavy atom.